The average molecular weight is 243 g/mol. The smallest absolute Gasteiger partial charge is 0.327 e. The molecule has 0 aromatic rings. The quantitative estimate of drug-likeness (QED) is 0.682. The number of amides is 1. The lowest BCUT2D eigenvalue weighted by Gasteiger charge is -2.37. The predicted octanol–water partition coefficient (Wildman–Crippen LogP) is -0.835. The molecule has 1 amide bonds. The first-order valence-corrected chi connectivity index (χ1v) is 5.77. The molecule has 98 valence electrons. The second-order valence-electron chi connectivity index (χ2n) is 4.79. The van der Waals surface area contributed by atoms with Crippen molar-refractivity contribution in [3.63, 3.8) is 0 Å². The number of carboxylic acids is 1. The van der Waals surface area contributed by atoms with Crippen LogP contribution in [0, 0.1) is 0 Å². The van der Waals surface area contributed by atoms with E-state index in [4.69, 9.17) is 5.11 Å². The lowest BCUT2D eigenvalue weighted by Crippen LogP contribution is -2.58. The van der Waals surface area contributed by atoms with Gasteiger partial charge in [0.15, 0.2) is 0 Å². The van der Waals surface area contributed by atoms with Crippen molar-refractivity contribution in [3.8, 4) is 0 Å². The highest BCUT2D eigenvalue weighted by molar-refractivity contribution is 5.86. The summed E-state index contributed by atoms with van der Waals surface area (Å²) in [6.45, 7) is 2.09. The molecule has 6 heteroatoms. The molecule has 1 aliphatic rings. The lowest BCUT2D eigenvalue weighted by molar-refractivity contribution is -0.155. The van der Waals surface area contributed by atoms with Crippen LogP contribution in [-0.4, -0.2) is 85.0 Å². The SMILES string of the molecule is CN(C)CCCN1C(=O)CN(C)CC1C(=O)O. The minimum absolute atomic E-state index is 0.0927. The topological polar surface area (TPSA) is 64.1 Å². The molecule has 1 aliphatic heterocycles. The van der Waals surface area contributed by atoms with Gasteiger partial charge in [-0.2, -0.15) is 0 Å². The van der Waals surface area contributed by atoms with Gasteiger partial charge in [0, 0.05) is 13.1 Å². The molecule has 0 aliphatic carbocycles. The first-order valence-electron chi connectivity index (χ1n) is 5.77. The van der Waals surface area contributed by atoms with Crippen LogP contribution in [0.5, 0.6) is 0 Å². The van der Waals surface area contributed by atoms with Crippen LogP contribution in [0.25, 0.3) is 0 Å². The number of hydrogen-bond donors (Lipinski definition) is 1. The van der Waals surface area contributed by atoms with E-state index in [9.17, 15) is 9.59 Å². The van der Waals surface area contributed by atoms with Crippen molar-refractivity contribution >= 4 is 11.9 Å². The number of carbonyl (C=O) groups excluding carboxylic acids is 1. The third-order valence-electron chi connectivity index (χ3n) is 2.88. The minimum atomic E-state index is -0.922. The summed E-state index contributed by atoms with van der Waals surface area (Å²) in [5, 5.41) is 9.12. The molecular weight excluding hydrogens is 222 g/mol. The fourth-order valence-corrected chi connectivity index (χ4v) is 2.00. The van der Waals surface area contributed by atoms with E-state index in [1.54, 1.807) is 11.9 Å². The Morgan fingerprint density at radius 3 is 2.71 bits per heavy atom. The van der Waals surface area contributed by atoms with E-state index in [2.05, 4.69) is 0 Å². The van der Waals surface area contributed by atoms with Gasteiger partial charge in [0.05, 0.1) is 6.54 Å². The summed E-state index contributed by atoms with van der Waals surface area (Å²) in [5.41, 5.74) is 0. The second-order valence-corrected chi connectivity index (χ2v) is 4.79. The maximum absolute atomic E-state index is 11.8. The molecule has 0 saturated carbocycles. The maximum Gasteiger partial charge on any atom is 0.327 e. The number of nitrogens with zero attached hydrogens (tertiary/aromatic N) is 3. The van der Waals surface area contributed by atoms with E-state index >= 15 is 0 Å². The molecule has 1 rings (SSSR count). The summed E-state index contributed by atoms with van der Waals surface area (Å²) in [4.78, 5) is 28.2. The van der Waals surface area contributed by atoms with Crippen LogP contribution < -0.4 is 0 Å². The van der Waals surface area contributed by atoms with Gasteiger partial charge in [0.1, 0.15) is 6.04 Å². The van der Waals surface area contributed by atoms with Crippen LogP contribution in [0.1, 0.15) is 6.42 Å². The molecule has 17 heavy (non-hydrogen) atoms. The Kier molecular flexibility index (Phi) is 4.89. The minimum Gasteiger partial charge on any atom is -0.480 e. The van der Waals surface area contributed by atoms with Gasteiger partial charge in [-0.25, -0.2) is 4.79 Å². The van der Waals surface area contributed by atoms with Gasteiger partial charge in [-0.3, -0.25) is 9.69 Å². The van der Waals surface area contributed by atoms with Crippen molar-refractivity contribution < 1.29 is 14.7 Å². The van der Waals surface area contributed by atoms with Gasteiger partial charge in [-0.05, 0) is 34.1 Å². The zero-order valence-electron chi connectivity index (χ0n) is 10.7. The molecule has 0 spiro atoms. The highest BCUT2D eigenvalue weighted by Gasteiger charge is 2.35. The molecule has 1 saturated heterocycles. The first-order chi connectivity index (χ1) is 7.91. The van der Waals surface area contributed by atoms with Gasteiger partial charge in [-0.1, -0.05) is 0 Å². The van der Waals surface area contributed by atoms with Crippen LogP contribution in [0.2, 0.25) is 0 Å². The van der Waals surface area contributed by atoms with Crippen molar-refractivity contribution in [2.45, 2.75) is 12.5 Å². The highest BCUT2D eigenvalue weighted by Crippen LogP contribution is 2.10. The van der Waals surface area contributed by atoms with E-state index in [0.29, 0.717) is 19.6 Å². The van der Waals surface area contributed by atoms with Crippen LogP contribution >= 0.6 is 0 Å². The van der Waals surface area contributed by atoms with Crippen LogP contribution in [-0.2, 0) is 9.59 Å². The molecule has 1 fully saturated rings. The molecule has 1 heterocycles. The number of carboxylic acid groups (broad SMARTS) is 1. The number of rotatable bonds is 5. The van der Waals surface area contributed by atoms with E-state index in [1.807, 2.05) is 19.0 Å². The zero-order chi connectivity index (χ0) is 13.0. The monoisotopic (exact) mass is 243 g/mol. The molecule has 1 atom stereocenters. The summed E-state index contributed by atoms with van der Waals surface area (Å²) in [6, 6.07) is -0.705. The van der Waals surface area contributed by atoms with E-state index in [0.717, 1.165) is 13.0 Å². The highest BCUT2D eigenvalue weighted by atomic mass is 16.4. The fourth-order valence-electron chi connectivity index (χ4n) is 2.00. The molecule has 1 N–H and O–H groups in total. The Bertz CT molecular complexity index is 294. The largest absolute Gasteiger partial charge is 0.480 e. The van der Waals surface area contributed by atoms with Crippen molar-refractivity contribution in [1.82, 2.24) is 14.7 Å². The molecule has 1 unspecified atom stereocenters. The second kappa shape index (κ2) is 5.97. The van der Waals surface area contributed by atoms with Crippen molar-refractivity contribution in [1.29, 1.82) is 0 Å². The molecule has 0 aromatic carbocycles. The third-order valence-corrected chi connectivity index (χ3v) is 2.88. The van der Waals surface area contributed by atoms with E-state index in [-0.39, 0.29) is 5.91 Å². The van der Waals surface area contributed by atoms with Gasteiger partial charge < -0.3 is 14.9 Å². The summed E-state index contributed by atoms with van der Waals surface area (Å²) in [6.07, 6.45) is 0.798. The summed E-state index contributed by atoms with van der Waals surface area (Å²) >= 11 is 0. The predicted molar refractivity (Wildman–Crippen MR) is 63.8 cm³/mol. The van der Waals surface area contributed by atoms with Crippen LogP contribution in [0.4, 0.5) is 0 Å². The molecular formula is C11H21N3O3. The van der Waals surface area contributed by atoms with Crippen molar-refractivity contribution in [3.05, 3.63) is 0 Å². The fraction of sp³-hybridized carbons (Fsp3) is 0.818. The van der Waals surface area contributed by atoms with E-state index < -0.39 is 12.0 Å². The number of hydrogen-bond acceptors (Lipinski definition) is 4. The Hall–Kier alpha value is -1.14. The Morgan fingerprint density at radius 2 is 2.18 bits per heavy atom. The maximum atomic E-state index is 11.8. The summed E-state index contributed by atoms with van der Waals surface area (Å²) in [7, 11) is 5.69. The number of carbonyl (C=O) groups is 2. The molecule has 0 aromatic heterocycles. The molecule has 0 bridgehead atoms. The van der Waals surface area contributed by atoms with Crippen LogP contribution in [0.3, 0.4) is 0 Å². The van der Waals surface area contributed by atoms with Crippen LogP contribution in [0.15, 0.2) is 0 Å². The zero-order valence-corrected chi connectivity index (χ0v) is 10.7. The van der Waals surface area contributed by atoms with Gasteiger partial charge in [0.25, 0.3) is 0 Å². The standard InChI is InChI=1S/C11H21N3O3/c1-12(2)5-4-6-14-9(11(16)17)7-13(3)8-10(14)15/h9H,4-8H2,1-3H3,(H,16,17). The van der Waals surface area contributed by atoms with Crippen molar-refractivity contribution in [2.75, 3.05) is 47.3 Å². The van der Waals surface area contributed by atoms with E-state index in [1.165, 1.54) is 4.90 Å². The number of likely N-dealkylation sites (N-methyl/N-ethyl adjacent to an activating group) is 1. The first kappa shape index (κ1) is 13.9. The van der Waals surface area contributed by atoms with Crippen molar-refractivity contribution in [2.24, 2.45) is 0 Å². The Balaban J connectivity index is 2.58. The molecule has 6 nitrogen and oxygen atoms in total. The average Bonchev–Trinajstić information content (AvgIpc) is 2.19. The number of piperazine rings is 1. The summed E-state index contributed by atoms with van der Waals surface area (Å²) < 4.78 is 0. The third kappa shape index (κ3) is 3.98. The normalized spacial score (nSPS) is 22.2. The lowest BCUT2D eigenvalue weighted by atomic mass is 10.1. The van der Waals surface area contributed by atoms with Gasteiger partial charge in [-0.15, -0.1) is 0 Å². The van der Waals surface area contributed by atoms with Gasteiger partial charge in [0.2, 0.25) is 5.91 Å². The number of aliphatic carboxylic acids is 1. The van der Waals surface area contributed by atoms with Gasteiger partial charge >= 0.3 is 5.97 Å². The Labute approximate surface area is 102 Å². The summed E-state index contributed by atoms with van der Waals surface area (Å²) in [5.74, 6) is -1.01. The Morgan fingerprint density at radius 1 is 1.53 bits per heavy atom. The molecule has 0 radical (unpaired) electrons.